The van der Waals surface area contributed by atoms with Crippen LogP contribution in [0, 0.1) is 0 Å². The number of benzene rings is 1. The zero-order valence-corrected chi connectivity index (χ0v) is 13.1. The Hall–Kier alpha value is -1.66. The van der Waals surface area contributed by atoms with Gasteiger partial charge in [0, 0.05) is 11.1 Å². The number of thioether (sulfide) groups is 1. The number of aromatic nitrogens is 2. The number of carbonyl (C=O) groups is 1. The number of hydrogen-bond donors (Lipinski definition) is 2. The van der Waals surface area contributed by atoms with Crippen LogP contribution in [0.25, 0.3) is 10.9 Å². The SMILES string of the molecule is CCNC(C)(CCSc1ncnc2ccccc12)C(N)=O. The van der Waals surface area contributed by atoms with Gasteiger partial charge in [0.1, 0.15) is 11.4 Å². The average Bonchev–Trinajstić information content (AvgIpc) is 2.47. The Bertz CT molecular complexity index is 629. The van der Waals surface area contributed by atoms with Crippen LogP contribution in [0.4, 0.5) is 0 Å². The second kappa shape index (κ2) is 6.87. The third-order valence-corrected chi connectivity index (χ3v) is 4.46. The molecule has 0 aliphatic heterocycles. The van der Waals surface area contributed by atoms with Gasteiger partial charge >= 0.3 is 0 Å². The Labute approximate surface area is 128 Å². The third-order valence-electron chi connectivity index (χ3n) is 3.46. The van der Waals surface area contributed by atoms with E-state index in [9.17, 15) is 4.79 Å². The molecular formula is C15H20N4OS. The summed E-state index contributed by atoms with van der Waals surface area (Å²) in [7, 11) is 0. The van der Waals surface area contributed by atoms with Crippen LogP contribution >= 0.6 is 11.8 Å². The topological polar surface area (TPSA) is 80.9 Å². The molecule has 0 aliphatic carbocycles. The van der Waals surface area contributed by atoms with Crippen molar-refractivity contribution in [2.75, 3.05) is 12.3 Å². The molecule has 0 radical (unpaired) electrons. The summed E-state index contributed by atoms with van der Waals surface area (Å²) in [6.45, 7) is 4.52. The van der Waals surface area contributed by atoms with Crippen LogP contribution in [-0.2, 0) is 4.79 Å². The highest BCUT2D eigenvalue weighted by Gasteiger charge is 2.29. The van der Waals surface area contributed by atoms with Crippen molar-refractivity contribution < 1.29 is 4.79 Å². The molecule has 0 fully saturated rings. The number of fused-ring (bicyclic) bond motifs is 1. The predicted molar refractivity (Wildman–Crippen MR) is 86.2 cm³/mol. The van der Waals surface area contributed by atoms with E-state index in [0.29, 0.717) is 13.0 Å². The Kier molecular flexibility index (Phi) is 5.14. The second-order valence-corrected chi connectivity index (χ2v) is 6.10. The molecule has 1 amide bonds. The Balaban J connectivity index is 2.07. The molecule has 3 N–H and O–H groups in total. The number of para-hydroxylation sites is 1. The van der Waals surface area contributed by atoms with Crippen molar-refractivity contribution in [1.82, 2.24) is 15.3 Å². The zero-order valence-electron chi connectivity index (χ0n) is 12.3. The minimum absolute atomic E-state index is 0.322. The lowest BCUT2D eigenvalue weighted by Crippen LogP contribution is -2.53. The first-order chi connectivity index (χ1) is 10.1. The summed E-state index contributed by atoms with van der Waals surface area (Å²) in [5.41, 5.74) is 5.74. The van der Waals surface area contributed by atoms with Crippen molar-refractivity contribution >= 4 is 28.6 Å². The van der Waals surface area contributed by atoms with Crippen molar-refractivity contribution in [3.63, 3.8) is 0 Å². The predicted octanol–water partition coefficient (Wildman–Crippen LogP) is 1.97. The van der Waals surface area contributed by atoms with Gasteiger partial charge in [-0.25, -0.2) is 9.97 Å². The summed E-state index contributed by atoms with van der Waals surface area (Å²) in [5.74, 6) is 0.436. The largest absolute Gasteiger partial charge is 0.368 e. The number of carbonyl (C=O) groups excluding carboxylic acids is 1. The standard InChI is InChI=1S/C15H20N4OS/c1-3-19-15(2,14(16)20)8-9-21-13-11-6-4-5-7-12(11)17-10-18-13/h4-7,10,19H,3,8-9H2,1-2H3,(H2,16,20). The molecule has 0 bridgehead atoms. The molecule has 0 saturated carbocycles. The van der Waals surface area contributed by atoms with Gasteiger partial charge in [-0.1, -0.05) is 25.1 Å². The number of nitrogens with two attached hydrogens (primary N) is 1. The Morgan fingerprint density at radius 3 is 2.86 bits per heavy atom. The first-order valence-corrected chi connectivity index (χ1v) is 7.93. The number of likely N-dealkylation sites (N-methyl/N-ethyl adjacent to an activating group) is 1. The van der Waals surface area contributed by atoms with E-state index in [2.05, 4.69) is 15.3 Å². The highest BCUT2D eigenvalue weighted by Crippen LogP contribution is 2.26. The summed E-state index contributed by atoms with van der Waals surface area (Å²) in [4.78, 5) is 20.2. The lowest BCUT2D eigenvalue weighted by molar-refractivity contribution is -0.123. The maximum Gasteiger partial charge on any atom is 0.237 e. The molecule has 1 heterocycles. The molecule has 1 aromatic heterocycles. The molecule has 21 heavy (non-hydrogen) atoms. The lowest BCUT2D eigenvalue weighted by Gasteiger charge is -2.26. The van der Waals surface area contributed by atoms with Gasteiger partial charge in [-0.3, -0.25) is 4.79 Å². The van der Waals surface area contributed by atoms with Crippen LogP contribution < -0.4 is 11.1 Å². The van der Waals surface area contributed by atoms with E-state index >= 15 is 0 Å². The van der Waals surface area contributed by atoms with E-state index < -0.39 is 5.54 Å². The summed E-state index contributed by atoms with van der Waals surface area (Å²) in [6, 6.07) is 7.91. The number of hydrogen-bond acceptors (Lipinski definition) is 5. The van der Waals surface area contributed by atoms with Gasteiger partial charge in [0.25, 0.3) is 0 Å². The Morgan fingerprint density at radius 2 is 2.14 bits per heavy atom. The molecule has 112 valence electrons. The summed E-state index contributed by atoms with van der Waals surface area (Å²) >= 11 is 1.62. The molecule has 0 spiro atoms. The monoisotopic (exact) mass is 304 g/mol. The van der Waals surface area contributed by atoms with Crippen LogP contribution in [0.5, 0.6) is 0 Å². The van der Waals surface area contributed by atoms with Crippen molar-refractivity contribution in [1.29, 1.82) is 0 Å². The normalized spacial score (nSPS) is 14.0. The fourth-order valence-electron chi connectivity index (χ4n) is 2.14. The third kappa shape index (κ3) is 3.71. The summed E-state index contributed by atoms with van der Waals surface area (Å²) in [6.07, 6.45) is 2.22. The second-order valence-electron chi connectivity index (χ2n) is 5.02. The molecule has 6 heteroatoms. The van der Waals surface area contributed by atoms with Crippen molar-refractivity contribution in [3.05, 3.63) is 30.6 Å². The van der Waals surface area contributed by atoms with Crippen molar-refractivity contribution in [2.24, 2.45) is 5.73 Å². The van der Waals surface area contributed by atoms with Gasteiger partial charge < -0.3 is 11.1 Å². The van der Waals surface area contributed by atoms with Crippen LogP contribution in [-0.4, -0.2) is 33.7 Å². The zero-order chi connectivity index (χ0) is 15.3. The molecule has 2 rings (SSSR count). The van der Waals surface area contributed by atoms with Gasteiger partial charge in [-0.05, 0) is 26.0 Å². The van der Waals surface area contributed by atoms with Crippen molar-refractivity contribution in [3.8, 4) is 0 Å². The molecule has 2 aromatic rings. The minimum Gasteiger partial charge on any atom is -0.368 e. The van der Waals surface area contributed by atoms with Crippen LogP contribution in [0.15, 0.2) is 35.6 Å². The van der Waals surface area contributed by atoms with Gasteiger partial charge in [0.2, 0.25) is 5.91 Å². The summed E-state index contributed by atoms with van der Waals surface area (Å²) in [5, 5.41) is 5.13. The first kappa shape index (κ1) is 15.7. The van der Waals surface area contributed by atoms with Crippen molar-refractivity contribution in [2.45, 2.75) is 30.8 Å². The van der Waals surface area contributed by atoms with Gasteiger partial charge in [-0.2, -0.15) is 0 Å². The lowest BCUT2D eigenvalue weighted by atomic mass is 9.98. The number of amides is 1. The number of rotatable bonds is 7. The molecule has 0 aliphatic rings. The van der Waals surface area contributed by atoms with E-state index in [1.54, 1.807) is 18.1 Å². The van der Waals surface area contributed by atoms with Gasteiger partial charge in [-0.15, -0.1) is 11.8 Å². The van der Waals surface area contributed by atoms with E-state index in [1.165, 1.54) is 0 Å². The van der Waals surface area contributed by atoms with Gasteiger partial charge in [0.05, 0.1) is 11.1 Å². The fraction of sp³-hybridized carbons (Fsp3) is 0.400. The molecule has 1 aromatic carbocycles. The molecule has 1 unspecified atom stereocenters. The number of primary amides is 1. The average molecular weight is 304 g/mol. The first-order valence-electron chi connectivity index (χ1n) is 6.94. The minimum atomic E-state index is -0.676. The van der Waals surface area contributed by atoms with E-state index in [4.69, 9.17) is 5.73 Å². The molecule has 0 saturated heterocycles. The molecule has 1 atom stereocenters. The number of nitrogens with zero attached hydrogens (tertiary/aromatic N) is 2. The van der Waals surface area contributed by atoms with E-state index in [1.807, 2.05) is 38.1 Å². The van der Waals surface area contributed by atoms with Crippen LogP contribution in [0.3, 0.4) is 0 Å². The maximum atomic E-state index is 11.6. The van der Waals surface area contributed by atoms with E-state index in [0.717, 1.165) is 21.7 Å². The van der Waals surface area contributed by atoms with Gasteiger partial charge in [0.15, 0.2) is 0 Å². The summed E-state index contributed by atoms with van der Waals surface area (Å²) < 4.78 is 0. The van der Waals surface area contributed by atoms with Crippen LogP contribution in [0.2, 0.25) is 0 Å². The smallest absolute Gasteiger partial charge is 0.237 e. The molecule has 5 nitrogen and oxygen atoms in total. The maximum absolute atomic E-state index is 11.6. The highest BCUT2D eigenvalue weighted by atomic mass is 32.2. The Morgan fingerprint density at radius 1 is 1.38 bits per heavy atom. The number of nitrogens with one attached hydrogen (secondary N) is 1. The van der Waals surface area contributed by atoms with Crippen LogP contribution in [0.1, 0.15) is 20.3 Å². The highest BCUT2D eigenvalue weighted by molar-refractivity contribution is 7.99. The quantitative estimate of drug-likeness (QED) is 0.604. The van der Waals surface area contributed by atoms with E-state index in [-0.39, 0.29) is 5.91 Å². The molecular weight excluding hydrogens is 284 g/mol. The fourth-order valence-corrected chi connectivity index (χ4v) is 3.29.